The minimum atomic E-state index is -0.410. The van der Waals surface area contributed by atoms with Crippen LogP contribution >= 0.6 is 11.6 Å². The van der Waals surface area contributed by atoms with E-state index in [1.807, 2.05) is 71.9 Å². The van der Waals surface area contributed by atoms with E-state index >= 15 is 0 Å². The molecule has 0 amide bonds. The quantitative estimate of drug-likeness (QED) is 0.316. The average molecular weight is 418 g/mol. The number of hydrogen-bond acceptors (Lipinski definition) is 3. The Hall–Kier alpha value is -3.57. The number of halogens is 1. The number of rotatable bonds is 6. The minimum Gasteiger partial charge on any atom is -0.466 e. The summed E-state index contributed by atoms with van der Waals surface area (Å²) in [7, 11) is 1.36. The molecule has 0 saturated heterocycles. The van der Waals surface area contributed by atoms with E-state index in [1.165, 1.54) is 13.2 Å². The summed E-state index contributed by atoms with van der Waals surface area (Å²) in [6.07, 6.45) is 12.6. The van der Waals surface area contributed by atoms with Gasteiger partial charge in [0.2, 0.25) is 0 Å². The van der Waals surface area contributed by atoms with E-state index < -0.39 is 5.97 Å². The van der Waals surface area contributed by atoms with Gasteiger partial charge in [0, 0.05) is 53.2 Å². The lowest BCUT2D eigenvalue weighted by Crippen LogP contribution is -2.10. The van der Waals surface area contributed by atoms with Gasteiger partial charge in [-0.2, -0.15) is 0 Å². The van der Waals surface area contributed by atoms with Crippen molar-refractivity contribution in [1.82, 2.24) is 14.1 Å². The van der Waals surface area contributed by atoms with Crippen molar-refractivity contribution in [2.24, 2.45) is 0 Å². The SMILES string of the molecule is COC(=O)/C=C/n1cc(-c2ccc(Cl)cc2)c(C(c2ccccc2)n2ccnc2)c1. The van der Waals surface area contributed by atoms with Gasteiger partial charge in [0.1, 0.15) is 0 Å². The van der Waals surface area contributed by atoms with Crippen molar-refractivity contribution < 1.29 is 9.53 Å². The summed E-state index contributed by atoms with van der Waals surface area (Å²) < 4.78 is 8.65. The predicted molar refractivity (Wildman–Crippen MR) is 118 cm³/mol. The third-order valence-electron chi connectivity index (χ3n) is 4.85. The van der Waals surface area contributed by atoms with E-state index in [0.717, 1.165) is 22.3 Å². The van der Waals surface area contributed by atoms with Crippen LogP contribution < -0.4 is 0 Å². The van der Waals surface area contributed by atoms with Crippen LogP contribution in [0.5, 0.6) is 0 Å². The molecule has 2 aromatic heterocycles. The molecule has 0 bridgehead atoms. The molecule has 0 radical (unpaired) electrons. The first-order valence-corrected chi connectivity index (χ1v) is 9.79. The van der Waals surface area contributed by atoms with Crippen LogP contribution in [0.3, 0.4) is 0 Å². The highest BCUT2D eigenvalue weighted by Gasteiger charge is 2.22. The molecular weight excluding hydrogens is 398 g/mol. The topological polar surface area (TPSA) is 49.0 Å². The molecule has 4 aromatic rings. The molecule has 30 heavy (non-hydrogen) atoms. The third-order valence-corrected chi connectivity index (χ3v) is 5.10. The lowest BCUT2D eigenvalue weighted by Gasteiger charge is -2.20. The second kappa shape index (κ2) is 8.84. The van der Waals surface area contributed by atoms with Gasteiger partial charge in [-0.25, -0.2) is 9.78 Å². The molecule has 6 heteroatoms. The number of carbonyl (C=O) groups excluding carboxylic acids is 1. The van der Waals surface area contributed by atoms with Crippen molar-refractivity contribution in [3.8, 4) is 11.1 Å². The van der Waals surface area contributed by atoms with Crippen molar-refractivity contribution in [3.05, 3.63) is 108 Å². The average Bonchev–Trinajstić information content (AvgIpc) is 3.44. The van der Waals surface area contributed by atoms with Gasteiger partial charge in [-0.1, -0.05) is 54.1 Å². The second-order valence-electron chi connectivity index (χ2n) is 6.74. The van der Waals surface area contributed by atoms with E-state index in [1.54, 1.807) is 12.4 Å². The summed E-state index contributed by atoms with van der Waals surface area (Å²) >= 11 is 6.10. The van der Waals surface area contributed by atoms with Crippen LogP contribution in [0.1, 0.15) is 17.2 Å². The zero-order chi connectivity index (χ0) is 20.9. The van der Waals surface area contributed by atoms with Crippen LogP contribution in [0.2, 0.25) is 5.02 Å². The largest absolute Gasteiger partial charge is 0.466 e. The first-order chi connectivity index (χ1) is 14.7. The van der Waals surface area contributed by atoms with Crippen LogP contribution in [0.15, 0.2) is 91.8 Å². The van der Waals surface area contributed by atoms with Gasteiger partial charge in [0.05, 0.1) is 19.5 Å². The molecule has 2 heterocycles. The van der Waals surface area contributed by atoms with Crippen molar-refractivity contribution in [2.45, 2.75) is 6.04 Å². The Kier molecular flexibility index (Phi) is 5.82. The molecule has 1 unspecified atom stereocenters. The van der Waals surface area contributed by atoms with Crippen LogP contribution in [0.25, 0.3) is 17.3 Å². The maximum Gasteiger partial charge on any atom is 0.331 e. The van der Waals surface area contributed by atoms with Crippen LogP contribution in [-0.4, -0.2) is 27.2 Å². The van der Waals surface area contributed by atoms with Gasteiger partial charge < -0.3 is 13.9 Å². The van der Waals surface area contributed by atoms with Gasteiger partial charge in [-0.05, 0) is 23.3 Å². The molecule has 0 aliphatic rings. The smallest absolute Gasteiger partial charge is 0.331 e. The van der Waals surface area contributed by atoms with Gasteiger partial charge in [0.15, 0.2) is 0 Å². The number of aromatic nitrogens is 3. The Balaban J connectivity index is 1.89. The molecule has 0 aliphatic heterocycles. The fourth-order valence-electron chi connectivity index (χ4n) is 3.45. The molecule has 0 fully saturated rings. The van der Waals surface area contributed by atoms with Crippen LogP contribution in [0, 0.1) is 0 Å². The summed E-state index contributed by atoms with van der Waals surface area (Å²) in [4.78, 5) is 15.8. The molecule has 0 spiro atoms. The summed E-state index contributed by atoms with van der Waals surface area (Å²) in [5, 5.41) is 0.680. The van der Waals surface area contributed by atoms with E-state index in [-0.39, 0.29) is 6.04 Å². The minimum absolute atomic E-state index is 0.0906. The molecule has 4 rings (SSSR count). The zero-order valence-electron chi connectivity index (χ0n) is 16.4. The molecule has 0 aliphatic carbocycles. The summed E-state index contributed by atoms with van der Waals surface area (Å²) in [6.45, 7) is 0. The van der Waals surface area contributed by atoms with Crippen LogP contribution in [-0.2, 0) is 9.53 Å². The van der Waals surface area contributed by atoms with E-state index in [2.05, 4.69) is 21.7 Å². The highest BCUT2D eigenvalue weighted by atomic mass is 35.5. The third kappa shape index (κ3) is 4.21. The lowest BCUT2D eigenvalue weighted by molar-refractivity contribution is -0.134. The Morgan fingerprint density at radius 2 is 1.87 bits per heavy atom. The monoisotopic (exact) mass is 417 g/mol. The number of benzene rings is 2. The number of esters is 1. The highest BCUT2D eigenvalue weighted by molar-refractivity contribution is 6.30. The number of hydrogen-bond donors (Lipinski definition) is 0. The summed E-state index contributed by atoms with van der Waals surface area (Å²) in [5.41, 5.74) is 4.25. The Bertz CT molecular complexity index is 1150. The fraction of sp³-hybridized carbons (Fsp3) is 0.0833. The zero-order valence-corrected chi connectivity index (χ0v) is 17.1. The maximum absolute atomic E-state index is 11.6. The Morgan fingerprint density at radius 1 is 1.10 bits per heavy atom. The summed E-state index contributed by atoms with van der Waals surface area (Å²) in [6, 6.07) is 17.9. The van der Waals surface area contributed by atoms with Crippen molar-refractivity contribution in [2.75, 3.05) is 7.11 Å². The second-order valence-corrected chi connectivity index (χ2v) is 7.18. The number of ether oxygens (including phenoxy) is 1. The lowest BCUT2D eigenvalue weighted by atomic mass is 9.94. The molecule has 2 aromatic carbocycles. The van der Waals surface area contributed by atoms with Gasteiger partial charge in [0.25, 0.3) is 0 Å². The number of imidazole rings is 1. The molecule has 5 nitrogen and oxygen atoms in total. The summed E-state index contributed by atoms with van der Waals surface area (Å²) in [5.74, 6) is -0.410. The molecule has 1 atom stereocenters. The fourth-order valence-corrected chi connectivity index (χ4v) is 3.58. The van der Waals surface area contributed by atoms with E-state index in [9.17, 15) is 4.79 Å². The standard InChI is InChI=1S/C24H20ClN3O2/c1-30-23(29)11-13-27-15-21(18-7-9-20(25)10-8-18)22(16-27)24(28-14-12-26-17-28)19-5-3-2-4-6-19/h2-17,24H,1H3/b13-11+. The Morgan fingerprint density at radius 3 is 2.53 bits per heavy atom. The maximum atomic E-state index is 11.6. The van der Waals surface area contributed by atoms with Crippen molar-refractivity contribution in [1.29, 1.82) is 0 Å². The molecule has 0 N–H and O–H groups in total. The molecule has 150 valence electrons. The normalized spacial score (nSPS) is 12.2. The van der Waals surface area contributed by atoms with Crippen molar-refractivity contribution in [3.63, 3.8) is 0 Å². The predicted octanol–water partition coefficient (Wildman–Crippen LogP) is 5.29. The first-order valence-electron chi connectivity index (χ1n) is 9.41. The number of methoxy groups -OCH3 is 1. The molecule has 0 saturated carbocycles. The highest BCUT2D eigenvalue weighted by Crippen LogP contribution is 2.36. The van der Waals surface area contributed by atoms with Crippen molar-refractivity contribution >= 4 is 23.8 Å². The Labute approximate surface area is 179 Å². The van der Waals surface area contributed by atoms with E-state index in [4.69, 9.17) is 16.3 Å². The first kappa shape index (κ1) is 19.7. The van der Waals surface area contributed by atoms with Gasteiger partial charge in [-0.15, -0.1) is 0 Å². The van der Waals surface area contributed by atoms with E-state index in [0.29, 0.717) is 5.02 Å². The number of carbonyl (C=O) groups is 1. The van der Waals surface area contributed by atoms with Crippen LogP contribution in [0.4, 0.5) is 0 Å². The number of nitrogens with zero attached hydrogens (tertiary/aromatic N) is 3. The van der Waals surface area contributed by atoms with Gasteiger partial charge >= 0.3 is 5.97 Å². The molecular formula is C24H20ClN3O2. The van der Waals surface area contributed by atoms with Gasteiger partial charge in [-0.3, -0.25) is 0 Å².